The van der Waals surface area contributed by atoms with E-state index in [-0.39, 0.29) is 11.6 Å². The summed E-state index contributed by atoms with van der Waals surface area (Å²) in [6.45, 7) is 3.07. The summed E-state index contributed by atoms with van der Waals surface area (Å²) in [6.07, 6.45) is 3.41. The molecule has 2 heterocycles. The highest BCUT2D eigenvalue weighted by molar-refractivity contribution is 5.89. The van der Waals surface area contributed by atoms with Crippen molar-refractivity contribution >= 4 is 17.6 Å². The van der Waals surface area contributed by atoms with E-state index in [0.717, 1.165) is 17.7 Å². The molecule has 0 radical (unpaired) electrons. The Hall–Kier alpha value is -2.37. The second-order valence-electron chi connectivity index (χ2n) is 5.47. The molecular formula is C16H21N3O3. The van der Waals surface area contributed by atoms with Gasteiger partial charge in [-0.05, 0) is 30.5 Å². The van der Waals surface area contributed by atoms with E-state index in [1.165, 1.54) is 0 Å². The zero-order chi connectivity index (χ0) is 16.3. The molecule has 0 unspecified atom stereocenters. The first-order valence-electron chi connectivity index (χ1n) is 7.32. The fourth-order valence-electron chi connectivity index (χ4n) is 2.52. The number of carbonyl (C=O) groups is 2. The van der Waals surface area contributed by atoms with Gasteiger partial charge in [0.15, 0.2) is 0 Å². The van der Waals surface area contributed by atoms with E-state index < -0.39 is 5.97 Å². The van der Waals surface area contributed by atoms with Crippen LogP contribution >= 0.6 is 0 Å². The van der Waals surface area contributed by atoms with Gasteiger partial charge in [0.25, 0.3) is 0 Å². The van der Waals surface area contributed by atoms with E-state index in [2.05, 4.69) is 11.1 Å². The van der Waals surface area contributed by atoms with Gasteiger partial charge in [0, 0.05) is 27.2 Å². The van der Waals surface area contributed by atoms with Crippen molar-refractivity contribution in [3.8, 4) is 0 Å². The fourth-order valence-corrected chi connectivity index (χ4v) is 2.52. The molecule has 1 N–H and O–H groups in total. The van der Waals surface area contributed by atoms with Gasteiger partial charge in [0.05, 0.1) is 17.0 Å². The van der Waals surface area contributed by atoms with Gasteiger partial charge >= 0.3 is 12.0 Å². The van der Waals surface area contributed by atoms with E-state index >= 15 is 0 Å². The Morgan fingerprint density at radius 3 is 2.68 bits per heavy atom. The second-order valence-corrected chi connectivity index (χ2v) is 5.47. The maximum Gasteiger partial charge on any atom is 0.337 e. The number of aromatic nitrogens is 1. The van der Waals surface area contributed by atoms with E-state index in [9.17, 15) is 9.59 Å². The number of aromatic carboxylic acids is 1. The van der Waals surface area contributed by atoms with Gasteiger partial charge in [-0.2, -0.15) is 0 Å². The molecule has 0 aliphatic carbocycles. The van der Waals surface area contributed by atoms with E-state index in [1.54, 1.807) is 36.0 Å². The molecular weight excluding hydrogens is 282 g/mol. The largest absolute Gasteiger partial charge is 0.478 e. The first-order valence-corrected chi connectivity index (χ1v) is 7.32. The Balaban J connectivity index is 2.26. The molecule has 0 fully saturated rings. The third-order valence-electron chi connectivity index (χ3n) is 3.67. The van der Waals surface area contributed by atoms with E-state index in [0.29, 0.717) is 25.2 Å². The summed E-state index contributed by atoms with van der Waals surface area (Å²) in [5.41, 5.74) is 2.53. The number of carboxylic acid groups (broad SMARTS) is 1. The Kier molecular flexibility index (Phi) is 4.80. The van der Waals surface area contributed by atoms with Crippen molar-refractivity contribution in [1.82, 2.24) is 14.8 Å². The predicted octanol–water partition coefficient (Wildman–Crippen LogP) is 2.11. The number of aryl methyl sites for hydroxylation is 1. The quantitative estimate of drug-likeness (QED) is 0.928. The normalized spacial score (nSPS) is 14.5. The standard InChI is InChI=1S/C16H21N3O3/c1-4-13-12(15(20)21)7-8-14(17-13)11-6-5-9-19(10-11)16(22)18(2)3/h6-8H,4-5,9-10H2,1-3H3,(H,20,21). The molecule has 1 aromatic rings. The summed E-state index contributed by atoms with van der Waals surface area (Å²) in [5.74, 6) is -0.960. The van der Waals surface area contributed by atoms with Crippen molar-refractivity contribution in [3.63, 3.8) is 0 Å². The van der Waals surface area contributed by atoms with Crippen molar-refractivity contribution in [2.75, 3.05) is 27.2 Å². The van der Waals surface area contributed by atoms with Crippen LogP contribution in [0.2, 0.25) is 0 Å². The van der Waals surface area contributed by atoms with Crippen LogP contribution in [0.1, 0.15) is 35.1 Å². The molecule has 1 aliphatic heterocycles. The number of carboxylic acids is 1. The first kappa shape index (κ1) is 16.0. The average Bonchev–Trinajstić information content (AvgIpc) is 2.53. The minimum atomic E-state index is -0.960. The van der Waals surface area contributed by atoms with Crippen LogP contribution in [0.5, 0.6) is 0 Å². The Labute approximate surface area is 130 Å². The van der Waals surface area contributed by atoms with Gasteiger partial charge in [-0.3, -0.25) is 4.98 Å². The van der Waals surface area contributed by atoms with Gasteiger partial charge in [-0.15, -0.1) is 0 Å². The molecule has 0 saturated heterocycles. The summed E-state index contributed by atoms with van der Waals surface area (Å²) in [7, 11) is 3.46. The molecule has 6 heteroatoms. The molecule has 22 heavy (non-hydrogen) atoms. The van der Waals surface area contributed by atoms with Crippen LogP contribution in [0, 0.1) is 0 Å². The van der Waals surface area contributed by atoms with Crippen LogP contribution in [0.15, 0.2) is 18.2 Å². The van der Waals surface area contributed by atoms with Gasteiger partial charge < -0.3 is 14.9 Å². The monoisotopic (exact) mass is 303 g/mol. The summed E-state index contributed by atoms with van der Waals surface area (Å²) < 4.78 is 0. The van der Waals surface area contributed by atoms with Crippen LogP contribution in [0.25, 0.3) is 5.57 Å². The number of pyridine rings is 1. The lowest BCUT2D eigenvalue weighted by Crippen LogP contribution is -2.42. The van der Waals surface area contributed by atoms with Crippen LogP contribution in [-0.4, -0.2) is 59.1 Å². The molecule has 0 spiro atoms. The lowest BCUT2D eigenvalue weighted by atomic mass is 10.0. The van der Waals surface area contributed by atoms with Crippen LogP contribution in [0.3, 0.4) is 0 Å². The maximum absolute atomic E-state index is 12.1. The van der Waals surface area contributed by atoms with Gasteiger partial charge in [0.2, 0.25) is 0 Å². The summed E-state index contributed by atoms with van der Waals surface area (Å²) >= 11 is 0. The zero-order valence-corrected chi connectivity index (χ0v) is 13.2. The number of nitrogens with zero attached hydrogens (tertiary/aromatic N) is 3. The second kappa shape index (κ2) is 6.60. The van der Waals surface area contributed by atoms with Crippen molar-refractivity contribution in [1.29, 1.82) is 0 Å². The highest BCUT2D eigenvalue weighted by atomic mass is 16.4. The van der Waals surface area contributed by atoms with Crippen LogP contribution in [0.4, 0.5) is 4.79 Å². The maximum atomic E-state index is 12.1. The molecule has 0 aromatic carbocycles. The SMILES string of the molecule is CCc1nc(C2=CCCN(C(=O)N(C)C)C2)ccc1C(=O)O. The Morgan fingerprint density at radius 1 is 1.36 bits per heavy atom. The van der Waals surface area contributed by atoms with Crippen molar-refractivity contribution in [2.24, 2.45) is 0 Å². The lowest BCUT2D eigenvalue weighted by Gasteiger charge is -2.29. The van der Waals surface area contributed by atoms with Gasteiger partial charge in [-0.25, -0.2) is 9.59 Å². The van der Waals surface area contributed by atoms with Crippen molar-refractivity contribution < 1.29 is 14.7 Å². The molecule has 118 valence electrons. The minimum Gasteiger partial charge on any atom is -0.478 e. The van der Waals surface area contributed by atoms with Crippen molar-refractivity contribution in [2.45, 2.75) is 19.8 Å². The third-order valence-corrected chi connectivity index (χ3v) is 3.67. The number of hydrogen-bond acceptors (Lipinski definition) is 3. The Morgan fingerprint density at radius 2 is 2.09 bits per heavy atom. The van der Waals surface area contributed by atoms with E-state index in [1.807, 2.05) is 6.92 Å². The highest BCUT2D eigenvalue weighted by Gasteiger charge is 2.21. The van der Waals surface area contributed by atoms with Gasteiger partial charge in [0.1, 0.15) is 0 Å². The molecule has 0 bridgehead atoms. The smallest absolute Gasteiger partial charge is 0.337 e. The Bertz CT molecular complexity index is 623. The highest BCUT2D eigenvalue weighted by Crippen LogP contribution is 2.21. The van der Waals surface area contributed by atoms with Gasteiger partial charge in [-0.1, -0.05) is 13.0 Å². The minimum absolute atomic E-state index is 0.0246. The summed E-state index contributed by atoms with van der Waals surface area (Å²) in [4.78, 5) is 31.0. The molecule has 0 saturated carbocycles. The van der Waals surface area contributed by atoms with Crippen LogP contribution < -0.4 is 0 Å². The topological polar surface area (TPSA) is 73.7 Å². The average molecular weight is 303 g/mol. The number of amides is 2. The summed E-state index contributed by atoms with van der Waals surface area (Å²) in [5, 5.41) is 9.16. The van der Waals surface area contributed by atoms with Crippen LogP contribution in [-0.2, 0) is 6.42 Å². The number of carbonyl (C=O) groups excluding carboxylic acids is 1. The zero-order valence-electron chi connectivity index (χ0n) is 13.2. The third kappa shape index (κ3) is 3.27. The molecule has 6 nitrogen and oxygen atoms in total. The fraction of sp³-hybridized carbons (Fsp3) is 0.438. The van der Waals surface area contributed by atoms with E-state index in [4.69, 9.17) is 5.11 Å². The molecule has 1 aliphatic rings. The lowest BCUT2D eigenvalue weighted by molar-refractivity contribution is 0.0695. The summed E-state index contributed by atoms with van der Waals surface area (Å²) in [6, 6.07) is 3.29. The molecule has 2 rings (SSSR count). The van der Waals surface area contributed by atoms with Crippen molar-refractivity contribution in [3.05, 3.63) is 35.2 Å². The molecule has 0 atom stereocenters. The molecule has 1 aromatic heterocycles. The molecule has 2 amide bonds. The number of hydrogen-bond donors (Lipinski definition) is 1. The first-order chi connectivity index (χ1) is 10.4. The predicted molar refractivity (Wildman–Crippen MR) is 83.8 cm³/mol. The number of rotatable bonds is 3. The number of urea groups is 1.